The van der Waals surface area contributed by atoms with Crippen molar-refractivity contribution in [3.05, 3.63) is 0 Å². The third-order valence-corrected chi connectivity index (χ3v) is 4.33. The molecular formula is C13H24BrNO2. The highest BCUT2D eigenvalue weighted by Crippen LogP contribution is 2.32. The molecular weight excluding hydrogens is 282 g/mol. The van der Waals surface area contributed by atoms with E-state index in [9.17, 15) is 4.79 Å². The zero-order valence-electron chi connectivity index (χ0n) is 11.5. The van der Waals surface area contributed by atoms with Gasteiger partial charge < -0.3 is 9.64 Å². The van der Waals surface area contributed by atoms with Crippen molar-refractivity contribution in [2.75, 3.05) is 18.4 Å². The lowest BCUT2D eigenvalue weighted by Crippen LogP contribution is -2.52. The standard InChI is InChI=1S/C13H24BrNO2/c1-12(2,3)17-11(16)15-7-10(8-15)6-13(4,5)9-14/h10H,6-9H2,1-5H3. The average molecular weight is 306 g/mol. The van der Waals surface area contributed by atoms with E-state index >= 15 is 0 Å². The van der Waals surface area contributed by atoms with Crippen molar-refractivity contribution in [3.8, 4) is 0 Å². The lowest BCUT2D eigenvalue weighted by atomic mass is 9.81. The zero-order chi connectivity index (χ0) is 13.3. The summed E-state index contributed by atoms with van der Waals surface area (Å²) in [5.41, 5.74) is -0.0814. The monoisotopic (exact) mass is 305 g/mol. The lowest BCUT2D eigenvalue weighted by Gasteiger charge is -2.42. The summed E-state index contributed by atoms with van der Waals surface area (Å²) in [5, 5.41) is 1.00. The Balaban J connectivity index is 2.30. The first-order valence-corrected chi connectivity index (χ1v) is 7.29. The Kier molecular flexibility index (Phi) is 4.50. The van der Waals surface area contributed by atoms with Gasteiger partial charge in [-0.15, -0.1) is 0 Å². The van der Waals surface area contributed by atoms with E-state index < -0.39 is 5.60 Å². The van der Waals surface area contributed by atoms with Gasteiger partial charge in [-0.1, -0.05) is 29.8 Å². The van der Waals surface area contributed by atoms with Gasteiger partial charge in [0.1, 0.15) is 5.60 Å². The SMILES string of the molecule is CC(C)(CBr)CC1CN(C(=O)OC(C)(C)C)C1. The van der Waals surface area contributed by atoms with E-state index in [1.807, 2.05) is 20.8 Å². The summed E-state index contributed by atoms with van der Waals surface area (Å²) in [5.74, 6) is 0.620. The number of hydrogen-bond acceptors (Lipinski definition) is 2. The molecule has 0 aliphatic carbocycles. The van der Waals surface area contributed by atoms with Crippen molar-refractivity contribution in [2.24, 2.45) is 11.3 Å². The Morgan fingerprint density at radius 3 is 2.24 bits per heavy atom. The summed E-state index contributed by atoms with van der Waals surface area (Å²) in [7, 11) is 0. The molecule has 0 radical (unpaired) electrons. The van der Waals surface area contributed by atoms with E-state index in [4.69, 9.17) is 4.74 Å². The zero-order valence-corrected chi connectivity index (χ0v) is 13.1. The molecule has 0 bridgehead atoms. The number of halogens is 1. The minimum Gasteiger partial charge on any atom is -0.444 e. The van der Waals surface area contributed by atoms with Gasteiger partial charge in [0.2, 0.25) is 0 Å². The molecule has 1 rings (SSSR count). The Morgan fingerprint density at radius 1 is 1.29 bits per heavy atom. The third-order valence-electron chi connectivity index (χ3n) is 2.81. The van der Waals surface area contributed by atoms with Gasteiger partial charge in [0.25, 0.3) is 0 Å². The predicted molar refractivity (Wildman–Crippen MR) is 73.5 cm³/mol. The third kappa shape index (κ3) is 4.86. The molecule has 0 N–H and O–H groups in total. The highest BCUT2D eigenvalue weighted by atomic mass is 79.9. The van der Waals surface area contributed by atoms with Crippen LogP contribution < -0.4 is 0 Å². The number of nitrogens with zero attached hydrogens (tertiary/aromatic N) is 1. The Morgan fingerprint density at radius 2 is 1.82 bits per heavy atom. The number of alkyl halides is 1. The molecule has 0 aromatic rings. The van der Waals surface area contributed by atoms with Crippen LogP contribution in [-0.4, -0.2) is 35.0 Å². The summed E-state index contributed by atoms with van der Waals surface area (Å²) < 4.78 is 5.32. The van der Waals surface area contributed by atoms with E-state index in [1.165, 1.54) is 0 Å². The number of carbonyl (C=O) groups is 1. The van der Waals surface area contributed by atoms with Gasteiger partial charge in [-0.05, 0) is 38.5 Å². The normalized spacial score (nSPS) is 17.9. The first kappa shape index (κ1) is 14.8. The second kappa shape index (κ2) is 5.17. The number of hydrogen-bond donors (Lipinski definition) is 0. The van der Waals surface area contributed by atoms with Gasteiger partial charge in [-0.3, -0.25) is 0 Å². The second-order valence-corrected chi connectivity index (χ2v) is 7.31. The van der Waals surface area contributed by atoms with E-state index in [0.29, 0.717) is 11.3 Å². The highest BCUT2D eigenvalue weighted by Gasteiger charge is 2.36. The maximum atomic E-state index is 11.7. The van der Waals surface area contributed by atoms with Crippen molar-refractivity contribution in [1.82, 2.24) is 4.90 Å². The number of rotatable bonds is 3. The summed E-state index contributed by atoms with van der Waals surface area (Å²) in [4.78, 5) is 13.5. The van der Waals surface area contributed by atoms with Crippen LogP contribution in [0.4, 0.5) is 4.79 Å². The number of amides is 1. The van der Waals surface area contributed by atoms with Crippen LogP contribution in [0.2, 0.25) is 0 Å². The Labute approximate surface area is 113 Å². The molecule has 1 aliphatic rings. The van der Waals surface area contributed by atoms with Gasteiger partial charge >= 0.3 is 6.09 Å². The van der Waals surface area contributed by atoms with Crippen LogP contribution in [-0.2, 0) is 4.74 Å². The molecule has 4 heteroatoms. The summed E-state index contributed by atoms with van der Waals surface area (Å²) in [6.07, 6.45) is 0.975. The molecule has 17 heavy (non-hydrogen) atoms. The molecule has 1 saturated heterocycles. The van der Waals surface area contributed by atoms with Gasteiger partial charge in [-0.25, -0.2) is 4.79 Å². The number of ether oxygens (including phenoxy) is 1. The van der Waals surface area contributed by atoms with Crippen LogP contribution in [0, 0.1) is 11.3 Å². The van der Waals surface area contributed by atoms with Crippen molar-refractivity contribution < 1.29 is 9.53 Å². The maximum Gasteiger partial charge on any atom is 0.410 e. The predicted octanol–water partition coefficient (Wildman–Crippen LogP) is 3.66. The van der Waals surface area contributed by atoms with Gasteiger partial charge in [0.05, 0.1) is 0 Å². The number of carbonyl (C=O) groups excluding carboxylic acids is 1. The smallest absolute Gasteiger partial charge is 0.410 e. The topological polar surface area (TPSA) is 29.5 Å². The summed E-state index contributed by atoms with van der Waals surface area (Å²) >= 11 is 3.53. The van der Waals surface area contributed by atoms with Crippen LogP contribution in [0.5, 0.6) is 0 Å². The van der Waals surface area contributed by atoms with Crippen molar-refractivity contribution in [3.63, 3.8) is 0 Å². The van der Waals surface area contributed by atoms with E-state index in [0.717, 1.165) is 24.8 Å². The van der Waals surface area contributed by atoms with E-state index in [1.54, 1.807) is 4.90 Å². The van der Waals surface area contributed by atoms with Gasteiger partial charge in [0, 0.05) is 18.4 Å². The minimum absolute atomic E-state index is 0.176. The first-order chi connectivity index (χ1) is 7.63. The molecule has 100 valence electrons. The summed E-state index contributed by atoms with van der Waals surface area (Å²) in [6.45, 7) is 11.9. The molecule has 0 unspecified atom stereocenters. The Bertz CT molecular complexity index is 278. The highest BCUT2D eigenvalue weighted by molar-refractivity contribution is 9.09. The van der Waals surface area contributed by atoms with Crippen molar-refractivity contribution in [1.29, 1.82) is 0 Å². The van der Waals surface area contributed by atoms with Gasteiger partial charge in [-0.2, -0.15) is 0 Å². The Hall–Kier alpha value is -0.250. The van der Waals surface area contributed by atoms with Crippen molar-refractivity contribution >= 4 is 22.0 Å². The van der Waals surface area contributed by atoms with Crippen LogP contribution in [0.25, 0.3) is 0 Å². The van der Waals surface area contributed by atoms with Crippen LogP contribution in [0.15, 0.2) is 0 Å². The van der Waals surface area contributed by atoms with E-state index in [-0.39, 0.29) is 6.09 Å². The largest absolute Gasteiger partial charge is 0.444 e. The fraction of sp³-hybridized carbons (Fsp3) is 0.923. The molecule has 0 atom stereocenters. The molecule has 1 heterocycles. The second-order valence-electron chi connectivity index (χ2n) is 6.75. The molecule has 0 aromatic heterocycles. The first-order valence-electron chi connectivity index (χ1n) is 6.17. The van der Waals surface area contributed by atoms with E-state index in [2.05, 4.69) is 29.8 Å². The lowest BCUT2D eigenvalue weighted by molar-refractivity contribution is -0.00664. The maximum absolute atomic E-state index is 11.7. The van der Waals surface area contributed by atoms with Crippen LogP contribution in [0.3, 0.4) is 0 Å². The quantitative estimate of drug-likeness (QED) is 0.745. The van der Waals surface area contributed by atoms with Crippen LogP contribution >= 0.6 is 15.9 Å². The molecule has 0 spiro atoms. The van der Waals surface area contributed by atoms with Crippen molar-refractivity contribution in [2.45, 2.75) is 46.6 Å². The number of likely N-dealkylation sites (tertiary alicyclic amines) is 1. The minimum atomic E-state index is -0.392. The fourth-order valence-electron chi connectivity index (χ4n) is 2.01. The molecule has 0 aromatic carbocycles. The average Bonchev–Trinajstić information content (AvgIpc) is 2.07. The molecule has 1 amide bonds. The van der Waals surface area contributed by atoms with Gasteiger partial charge in [0.15, 0.2) is 0 Å². The molecule has 3 nitrogen and oxygen atoms in total. The fourth-order valence-corrected chi connectivity index (χ4v) is 2.24. The van der Waals surface area contributed by atoms with Crippen LogP contribution in [0.1, 0.15) is 41.0 Å². The molecule has 1 aliphatic heterocycles. The summed E-state index contributed by atoms with van der Waals surface area (Å²) in [6, 6.07) is 0. The molecule has 0 saturated carbocycles. The molecule has 1 fully saturated rings.